The Morgan fingerprint density at radius 2 is 2.22 bits per heavy atom. The monoisotopic (exact) mass is 418 g/mol. The molecule has 1 aromatic heterocycles. The highest BCUT2D eigenvalue weighted by molar-refractivity contribution is 9.10. The third-order valence-corrected chi connectivity index (χ3v) is 5.42. The molecule has 9 heteroatoms. The zero-order chi connectivity index (χ0) is 16.7. The molecule has 1 fully saturated rings. The Hall–Kier alpha value is -1.48. The van der Waals surface area contributed by atoms with Gasteiger partial charge >= 0.3 is 0 Å². The zero-order valence-electron chi connectivity index (χ0n) is 11.4. The first-order valence-electron chi connectivity index (χ1n) is 6.40. The summed E-state index contributed by atoms with van der Waals surface area (Å²) < 4.78 is 14.7. The van der Waals surface area contributed by atoms with Gasteiger partial charge in [0.1, 0.15) is 12.4 Å². The lowest BCUT2D eigenvalue weighted by molar-refractivity contribution is -0.168. The maximum atomic E-state index is 14.0. The minimum absolute atomic E-state index is 0.0510. The normalized spacial score (nSPS) is 17.9. The highest BCUT2D eigenvalue weighted by Gasteiger charge is 2.43. The van der Waals surface area contributed by atoms with Crippen molar-refractivity contribution in [2.45, 2.75) is 6.17 Å². The number of hydrogen-bond acceptors (Lipinski definition) is 4. The topological polar surface area (TPSA) is 60.9 Å². The van der Waals surface area contributed by atoms with Crippen LogP contribution in [0.3, 0.4) is 0 Å². The number of hydroxylamine groups is 2. The Morgan fingerprint density at radius 1 is 1.48 bits per heavy atom. The molecular formula is C14H9BrClFN2O3S. The minimum atomic E-state index is -1.01. The van der Waals surface area contributed by atoms with Crippen molar-refractivity contribution in [2.24, 2.45) is 0 Å². The Labute approximate surface area is 148 Å². The van der Waals surface area contributed by atoms with Gasteiger partial charge in [0.25, 0.3) is 11.8 Å². The predicted octanol–water partition coefficient (Wildman–Crippen LogP) is 3.68. The fourth-order valence-corrected chi connectivity index (χ4v) is 4.12. The molecule has 1 aromatic carbocycles. The van der Waals surface area contributed by atoms with E-state index >= 15 is 0 Å². The van der Waals surface area contributed by atoms with Gasteiger partial charge in [-0.15, -0.1) is 11.3 Å². The number of nitrogens with zero attached hydrogens (tertiary/aromatic N) is 2. The summed E-state index contributed by atoms with van der Waals surface area (Å²) >= 11 is 10.5. The Balaban J connectivity index is 2.03. The number of thiophene rings is 1. The van der Waals surface area contributed by atoms with Crippen LogP contribution in [0.1, 0.15) is 21.4 Å². The smallest absolute Gasteiger partial charge is 0.267 e. The van der Waals surface area contributed by atoms with Crippen LogP contribution < -0.4 is 0 Å². The van der Waals surface area contributed by atoms with E-state index in [0.29, 0.717) is 9.94 Å². The van der Waals surface area contributed by atoms with Crippen molar-refractivity contribution in [3.63, 3.8) is 0 Å². The molecule has 0 saturated carbocycles. The van der Waals surface area contributed by atoms with E-state index in [2.05, 4.69) is 15.9 Å². The van der Waals surface area contributed by atoms with Gasteiger partial charge in [-0.3, -0.25) is 14.8 Å². The lowest BCUT2D eigenvalue weighted by Crippen LogP contribution is -2.34. The van der Waals surface area contributed by atoms with Gasteiger partial charge < -0.3 is 4.90 Å². The first-order chi connectivity index (χ1) is 10.9. The highest BCUT2D eigenvalue weighted by Crippen LogP contribution is 2.36. The van der Waals surface area contributed by atoms with Gasteiger partial charge in [0, 0.05) is 9.85 Å². The van der Waals surface area contributed by atoms with Crippen molar-refractivity contribution in [1.82, 2.24) is 9.96 Å². The second-order valence-corrected chi connectivity index (χ2v) is 7.07. The summed E-state index contributed by atoms with van der Waals surface area (Å²) in [4.78, 5) is 26.2. The van der Waals surface area contributed by atoms with E-state index in [-0.39, 0.29) is 17.1 Å². The maximum absolute atomic E-state index is 14.0. The SMILES string of the molecule is O=C1CN(C(=O)c2c(F)cccc2Cl)C(c2cc(Br)cs2)N1O. The summed E-state index contributed by atoms with van der Waals surface area (Å²) in [6, 6.07) is 5.57. The van der Waals surface area contributed by atoms with Crippen LogP contribution in [0.2, 0.25) is 5.02 Å². The predicted molar refractivity (Wildman–Crippen MR) is 85.8 cm³/mol. The molecule has 0 spiro atoms. The summed E-state index contributed by atoms with van der Waals surface area (Å²) in [5.41, 5.74) is -0.321. The van der Waals surface area contributed by atoms with Gasteiger partial charge in [0.15, 0.2) is 6.17 Å². The van der Waals surface area contributed by atoms with E-state index in [1.54, 1.807) is 11.4 Å². The Kier molecular flexibility index (Phi) is 4.41. The fraction of sp³-hybridized carbons (Fsp3) is 0.143. The van der Waals surface area contributed by atoms with Crippen LogP contribution >= 0.6 is 38.9 Å². The second-order valence-electron chi connectivity index (χ2n) is 4.81. The molecule has 1 aliphatic heterocycles. The Bertz CT molecular complexity index is 780. The van der Waals surface area contributed by atoms with Crippen LogP contribution in [0.25, 0.3) is 0 Å². The van der Waals surface area contributed by atoms with Crippen LogP contribution in [0.5, 0.6) is 0 Å². The van der Waals surface area contributed by atoms with Crippen molar-refractivity contribution in [3.8, 4) is 0 Å². The number of halogens is 3. The molecule has 1 aliphatic rings. The first-order valence-corrected chi connectivity index (χ1v) is 8.45. The van der Waals surface area contributed by atoms with Gasteiger partial charge in [-0.05, 0) is 34.1 Å². The second kappa shape index (κ2) is 6.20. The van der Waals surface area contributed by atoms with E-state index in [0.717, 1.165) is 15.4 Å². The van der Waals surface area contributed by atoms with E-state index in [4.69, 9.17) is 11.6 Å². The third kappa shape index (κ3) is 2.87. The molecule has 5 nitrogen and oxygen atoms in total. The van der Waals surface area contributed by atoms with Crippen LogP contribution in [-0.4, -0.2) is 33.5 Å². The van der Waals surface area contributed by atoms with Crippen LogP contribution in [0, 0.1) is 5.82 Å². The van der Waals surface area contributed by atoms with Crippen LogP contribution in [0.15, 0.2) is 34.1 Å². The molecule has 0 bridgehead atoms. The number of hydrogen-bond donors (Lipinski definition) is 1. The third-order valence-electron chi connectivity index (χ3n) is 3.37. The molecule has 0 aliphatic carbocycles. The van der Waals surface area contributed by atoms with Crippen LogP contribution in [0.4, 0.5) is 4.39 Å². The Morgan fingerprint density at radius 3 is 2.83 bits per heavy atom. The van der Waals surface area contributed by atoms with E-state index in [1.807, 2.05) is 0 Å². The van der Waals surface area contributed by atoms with Gasteiger partial charge in [0.05, 0.1) is 15.5 Å². The molecule has 120 valence electrons. The summed E-state index contributed by atoms with van der Waals surface area (Å²) in [5, 5.41) is 12.2. The highest BCUT2D eigenvalue weighted by atomic mass is 79.9. The number of carbonyl (C=O) groups is 2. The zero-order valence-corrected chi connectivity index (χ0v) is 14.5. The first kappa shape index (κ1) is 16.4. The van der Waals surface area contributed by atoms with Gasteiger partial charge in [0.2, 0.25) is 0 Å². The number of rotatable bonds is 2. The fourth-order valence-electron chi connectivity index (χ4n) is 2.34. The molecule has 0 radical (unpaired) electrons. The van der Waals surface area contributed by atoms with Gasteiger partial charge in [-0.25, -0.2) is 4.39 Å². The van der Waals surface area contributed by atoms with Crippen molar-refractivity contribution in [1.29, 1.82) is 0 Å². The summed E-state index contributed by atoms with van der Waals surface area (Å²) in [6.07, 6.45) is -1.01. The van der Waals surface area contributed by atoms with E-state index < -0.39 is 23.8 Å². The van der Waals surface area contributed by atoms with Crippen molar-refractivity contribution < 1.29 is 19.2 Å². The van der Waals surface area contributed by atoms with Crippen molar-refractivity contribution in [2.75, 3.05) is 6.54 Å². The van der Waals surface area contributed by atoms with E-state index in [9.17, 15) is 19.2 Å². The molecule has 23 heavy (non-hydrogen) atoms. The van der Waals surface area contributed by atoms with Crippen molar-refractivity contribution in [3.05, 3.63) is 55.4 Å². The molecule has 1 N–H and O–H groups in total. The average Bonchev–Trinajstić information content (AvgIpc) is 3.03. The van der Waals surface area contributed by atoms with Crippen molar-refractivity contribution >= 4 is 50.7 Å². The molecule has 1 atom stereocenters. The number of amides is 2. The summed E-state index contributed by atoms with van der Waals surface area (Å²) in [5.74, 6) is -2.19. The molecule has 1 unspecified atom stereocenters. The molecule has 1 saturated heterocycles. The van der Waals surface area contributed by atoms with Gasteiger partial charge in [-0.2, -0.15) is 5.06 Å². The number of benzene rings is 1. The standard InChI is InChI=1S/C14H9BrClFN2O3S/c15-7-4-10(23-6-7)13-18(5-11(20)19(13)22)14(21)12-8(16)2-1-3-9(12)17/h1-4,6,13,22H,5H2. The maximum Gasteiger partial charge on any atom is 0.267 e. The molecule has 2 amide bonds. The molecule has 2 aromatic rings. The lowest BCUT2D eigenvalue weighted by Gasteiger charge is -2.25. The van der Waals surface area contributed by atoms with E-state index in [1.165, 1.54) is 23.5 Å². The van der Waals surface area contributed by atoms with Gasteiger partial charge in [-0.1, -0.05) is 17.7 Å². The minimum Gasteiger partial charge on any atom is -0.302 e. The van der Waals surface area contributed by atoms with Crippen LogP contribution in [-0.2, 0) is 4.79 Å². The average molecular weight is 420 g/mol. The molecular weight excluding hydrogens is 411 g/mol. The summed E-state index contributed by atoms with van der Waals surface area (Å²) in [7, 11) is 0. The summed E-state index contributed by atoms with van der Waals surface area (Å²) in [6.45, 7) is -0.361. The largest absolute Gasteiger partial charge is 0.302 e. The quantitative estimate of drug-likeness (QED) is 0.756. The number of carbonyl (C=O) groups excluding carboxylic acids is 2. The molecule has 3 rings (SSSR count). The molecule has 2 heterocycles. The lowest BCUT2D eigenvalue weighted by atomic mass is 10.1.